The standard InChI is InChI=1S/C22H30O3/c1-13-19(24)22(25-13)11-8-18-16-5-4-14-12-15(23)6-9-20(14,2)17(16)7-10-21(18,22)3/h12-13,16-18H,4-11H2,1-3H3. The van der Waals surface area contributed by atoms with Gasteiger partial charge < -0.3 is 4.74 Å². The summed E-state index contributed by atoms with van der Waals surface area (Å²) in [6, 6.07) is 0. The number of carbonyl (C=O) groups is 2. The number of hydrogen-bond donors (Lipinski definition) is 0. The maximum absolute atomic E-state index is 12.8. The molecule has 4 fully saturated rings. The first-order valence-corrected chi connectivity index (χ1v) is 10.3. The van der Waals surface area contributed by atoms with Crippen molar-refractivity contribution in [2.75, 3.05) is 0 Å². The molecule has 0 aromatic rings. The Morgan fingerprint density at radius 1 is 1.00 bits per heavy atom. The molecule has 0 bridgehead atoms. The van der Waals surface area contributed by atoms with Gasteiger partial charge in [0.2, 0.25) is 0 Å². The van der Waals surface area contributed by atoms with Gasteiger partial charge >= 0.3 is 0 Å². The van der Waals surface area contributed by atoms with Crippen LogP contribution in [0.1, 0.15) is 72.1 Å². The largest absolute Gasteiger partial charge is 0.356 e. The second kappa shape index (κ2) is 4.85. The molecular weight excluding hydrogens is 312 g/mol. The quantitative estimate of drug-likeness (QED) is 0.661. The molecule has 0 N–H and O–H groups in total. The average Bonchev–Trinajstić information content (AvgIpc) is 2.90. The summed E-state index contributed by atoms with van der Waals surface area (Å²) in [5.74, 6) is 2.68. The number of rotatable bonds is 0. The molecule has 0 aromatic carbocycles. The minimum Gasteiger partial charge on any atom is -0.356 e. The van der Waals surface area contributed by atoms with Crippen molar-refractivity contribution in [3.63, 3.8) is 0 Å². The third-order valence-corrected chi connectivity index (χ3v) is 9.23. The van der Waals surface area contributed by atoms with Gasteiger partial charge in [-0.2, -0.15) is 0 Å². The van der Waals surface area contributed by atoms with Crippen molar-refractivity contribution < 1.29 is 14.3 Å². The van der Waals surface area contributed by atoms with Crippen LogP contribution in [0.2, 0.25) is 0 Å². The first kappa shape index (κ1) is 16.2. The fourth-order valence-corrected chi connectivity index (χ4v) is 7.84. The summed E-state index contributed by atoms with van der Waals surface area (Å²) in [5.41, 5.74) is 1.19. The van der Waals surface area contributed by atoms with Gasteiger partial charge in [0, 0.05) is 11.8 Å². The van der Waals surface area contributed by atoms with Crippen molar-refractivity contribution in [3.05, 3.63) is 11.6 Å². The van der Waals surface area contributed by atoms with Gasteiger partial charge in [-0.1, -0.05) is 19.4 Å². The molecule has 25 heavy (non-hydrogen) atoms. The van der Waals surface area contributed by atoms with Gasteiger partial charge in [-0.3, -0.25) is 9.59 Å². The first-order chi connectivity index (χ1) is 11.8. The second-order valence-corrected chi connectivity index (χ2v) is 9.92. The third-order valence-electron chi connectivity index (χ3n) is 9.23. The van der Waals surface area contributed by atoms with Gasteiger partial charge in [0.15, 0.2) is 11.6 Å². The molecule has 5 rings (SSSR count). The average molecular weight is 342 g/mol. The minimum atomic E-state index is -0.471. The summed E-state index contributed by atoms with van der Waals surface area (Å²) >= 11 is 0. The summed E-state index contributed by atoms with van der Waals surface area (Å²) in [7, 11) is 0. The summed E-state index contributed by atoms with van der Waals surface area (Å²) < 4.78 is 6.19. The number of fused-ring (bicyclic) bond motifs is 6. The van der Waals surface area contributed by atoms with Crippen molar-refractivity contribution >= 4 is 11.6 Å². The number of hydrogen-bond acceptors (Lipinski definition) is 3. The fraction of sp³-hybridized carbons (Fsp3) is 0.818. The Labute approximate surface area is 150 Å². The van der Waals surface area contributed by atoms with E-state index in [1.165, 1.54) is 18.4 Å². The zero-order valence-corrected chi connectivity index (χ0v) is 15.8. The normalized spacial score (nSPS) is 54.4. The van der Waals surface area contributed by atoms with Crippen LogP contribution in [0.15, 0.2) is 11.6 Å². The molecule has 0 amide bonds. The molecule has 136 valence electrons. The minimum absolute atomic E-state index is 0.0276. The Bertz CT molecular complexity index is 693. The van der Waals surface area contributed by atoms with E-state index < -0.39 is 5.60 Å². The van der Waals surface area contributed by atoms with Gasteiger partial charge in [-0.05, 0) is 81.1 Å². The Hall–Kier alpha value is -0.960. The van der Waals surface area contributed by atoms with E-state index in [2.05, 4.69) is 13.8 Å². The second-order valence-electron chi connectivity index (χ2n) is 9.92. The highest BCUT2D eigenvalue weighted by atomic mass is 16.6. The van der Waals surface area contributed by atoms with Gasteiger partial charge in [0.25, 0.3) is 0 Å². The number of Topliss-reactive ketones (excluding diaryl/α,β-unsaturated/α-hetero) is 1. The lowest BCUT2D eigenvalue weighted by Crippen LogP contribution is -2.68. The molecule has 3 nitrogen and oxygen atoms in total. The van der Waals surface area contributed by atoms with Crippen molar-refractivity contribution in [1.29, 1.82) is 0 Å². The summed E-state index contributed by atoms with van der Waals surface area (Å²) in [6.07, 6.45) is 10.2. The molecule has 1 heterocycles. The van der Waals surface area contributed by atoms with Gasteiger partial charge in [-0.25, -0.2) is 0 Å². The molecule has 7 unspecified atom stereocenters. The molecule has 0 radical (unpaired) electrons. The molecule has 1 spiro atoms. The molecule has 1 aliphatic heterocycles. The maximum atomic E-state index is 12.8. The van der Waals surface area contributed by atoms with E-state index in [0.717, 1.165) is 32.1 Å². The van der Waals surface area contributed by atoms with Crippen molar-refractivity contribution in [2.45, 2.75) is 83.8 Å². The Balaban J connectivity index is 1.49. The van der Waals surface area contributed by atoms with Crippen LogP contribution >= 0.6 is 0 Å². The van der Waals surface area contributed by atoms with Gasteiger partial charge in [0.1, 0.15) is 11.7 Å². The molecule has 0 aromatic heterocycles. The summed E-state index contributed by atoms with van der Waals surface area (Å²) in [5, 5.41) is 0. The molecule has 5 aliphatic rings. The van der Waals surface area contributed by atoms with Crippen LogP contribution in [-0.2, 0) is 14.3 Å². The van der Waals surface area contributed by atoms with Crippen molar-refractivity contribution in [1.82, 2.24) is 0 Å². The molecule has 1 saturated heterocycles. The van der Waals surface area contributed by atoms with Crippen LogP contribution in [0, 0.1) is 28.6 Å². The van der Waals surface area contributed by atoms with E-state index in [1.54, 1.807) is 0 Å². The highest BCUT2D eigenvalue weighted by Gasteiger charge is 2.71. The smallest absolute Gasteiger partial charge is 0.193 e. The SMILES string of the molecule is CC1OC2(CCC3C4CCC5=CC(=O)CCC5(C)C4CCC32C)C1=O. The Kier molecular flexibility index (Phi) is 3.15. The van der Waals surface area contributed by atoms with E-state index >= 15 is 0 Å². The van der Waals surface area contributed by atoms with Crippen molar-refractivity contribution in [2.24, 2.45) is 28.6 Å². The highest BCUT2D eigenvalue weighted by Crippen LogP contribution is 2.70. The molecule has 3 saturated carbocycles. The van der Waals surface area contributed by atoms with Crippen LogP contribution in [-0.4, -0.2) is 23.3 Å². The van der Waals surface area contributed by atoms with Crippen LogP contribution in [0.3, 0.4) is 0 Å². The predicted molar refractivity (Wildman–Crippen MR) is 95.0 cm³/mol. The van der Waals surface area contributed by atoms with E-state index in [9.17, 15) is 9.59 Å². The summed E-state index contributed by atoms with van der Waals surface area (Å²) in [4.78, 5) is 24.7. The van der Waals surface area contributed by atoms with E-state index in [0.29, 0.717) is 35.7 Å². The first-order valence-electron chi connectivity index (χ1n) is 10.3. The lowest BCUT2D eigenvalue weighted by Gasteiger charge is -2.61. The number of ether oxygens (including phenoxy) is 1. The van der Waals surface area contributed by atoms with Gasteiger partial charge in [0.05, 0.1) is 0 Å². The lowest BCUT2D eigenvalue weighted by atomic mass is 9.46. The van der Waals surface area contributed by atoms with Crippen LogP contribution in [0.5, 0.6) is 0 Å². The number of carbonyl (C=O) groups excluding carboxylic acids is 2. The highest BCUT2D eigenvalue weighted by molar-refractivity contribution is 5.97. The molecule has 7 atom stereocenters. The van der Waals surface area contributed by atoms with E-state index in [1.807, 2.05) is 13.0 Å². The number of allylic oxidation sites excluding steroid dienone is 1. The zero-order chi connectivity index (χ0) is 17.6. The Morgan fingerprint density at radius 2 is 1.76 bits per heavy atom. The fourth-order valence-electron chi connectivity index (χ4n) is 7.84. The monoisotopic (exact) mass is 342 g/mol. The van der Waals surface area contributed by atoms with Gasteiger partial charge in [-0.15, -0.1) is 0 Å². The summed E-state index contributed by atoms with van der Waals surface area (Å²) in [6.45, 7) is 6.68. The zero-order valence-electron chi connectivity index (χ0n) is 15.8. The Morgan fingerprint density at radius 3 is 2.48 bits per heavy atom. The van der Waals surface area contributed by atoms with Crippen LogP contribution in [0.25, 0.3) is 0 Å². The molecular formula is C22H30O3. The predicted octanol–water partition coefficient (Wildman–Crippen LogP) is 4.24. The molecule has 4 aliphatic carbocycles. The molecule has 3 heteroatoms. The van der Waals surface area contributed by atoms with E-state index in [-0.39, 0.29) is 16.9 Å². The topological polar surface area (TPSA) is 43.4 Å². The van der Waals surface area contributed by atoms with Crippen molar-refractivity contribution in [3.8, 4) is 0 Å². The van der Waals surface area contributed by atoms with Crippen LogP contribution < -0.4 is 0 Å². The third kappa shape index (κ3) is 1.76. The van der Waals surface area contributed by atoms with Crippen LogP contribution in [0.4, 0.5) is 0 Å². The lowest BCUT2D eigenvalue weighted by molar-refractivity contribution is -0.235. The number of ketones is 2. The maximum Gasteiger partial charge on any atom is 0.193 e. The van der Waals surface area contributed by atoms with E-state index in [4.69, 9.17) is 4.74 Å².